The minimum Gasteiger partial charge on any atom is -0.507 e. The number of benzene rings is 3. The Morgan fingerprint density at radius 2 is 1.98 bits per heavy atom. The number of anilines is 1. The van der Waals surface area contributed by atoms with Crippen molar-refractivity contribution in [3.8, 4) is 5.75 Å². The fraction of sp³-hybridized carbons (Fsp3) is 0.172. The van der Waals surface area contributed by atoms with Crippen molar-refractivity contribution >= 4 is 57.3 Å². The third-order valence-electron chi connectivity index (χ3n) is 6.69. The van der Waals surface area contributed by atoms with Gasteiger partial charge in [-0.2, -0.15) is 0 Å². The van der Waals surface area contributed by atoms with Crippen LogP contribution < -0.4 is 9.64 Å². The molecule has 0 aliphatic carbocycles. The van der Waals surface area contributed by atoms with Gasteiger partial charge < -0.3 is 9.84 Å². The van der Waals surface area contributed by atoms with Gasteiger partial charge in [-0.05, 0) is 60.0 Å². The van der Waals surface area contributed by atoms with Crippen LogP contribution in [0.5, 0.6) is 5.75 Å². The topological polar surface area (TPSA) is 92.6 Å². The summed E-state index contributed by atoms with van der Waals surface area (Å²) in [6.07, 6.45) is 0.674. The number of aliphatic hydroxyl groups excluding tert-OH is 1. The molecule has 2 atom stereocenters. The Labute approximate surface area is 242 Å². The molecule has 3 heterocycles. The Morgan fingerprint density at radius 1 is 1.15 bits per heavy atom. The number of rotatable bonds is 6. The van der Waals surface area contributed by atoms with Gasteiger partial charge in [-0.15, -0.1) is 10.2 Å². The van der Waals surface area contributed by atoms with Crippen LogP contribution in [0.2, 0.25) is 5.02 Å². The highest BCUT2D eigenvalue weighted by atomic mass is 35.5. The largest absolute Gasteiger partial charge is 0.507 e. The van der Waals surface area contributed by atoms with Crippen LogP contribution in [0.4, 0.5) is 9.52 Å². The maximum absolute atomic E-state index is 14.1. The number of halogens is 2. The van der Waals surface area contributed by atoms with Gasteiger partial charge in [-0.1, -0.05) is 65.0 Å². The Morgan fingerprint density at radius 3 is 2.77 bits per heavy atom. The highest BCUT2D eigenvalue weighted by Crippen LogP contribution is 2.45. The van der Waals surface area contributed by atoms with Gasteiger partial charge in [-0.25, -0.2) is 4.39 Å². The van der Waals surface area contributed by atoms with Crippen molar-refractivity contribution in [2.75, 3.05) is 4.90 Å². The number of carbonyl (C=O) groups excluding carboxylic acids is 2. The predicted octanol–water partition coefficient (Wildman–Crippen LogP) is 6.57. The molecule has 2 aliphatic heterocycles. The fourth-order valence-electron chi connectivity index (χ4n) is 4.86. The molecule has 6 rings (SSSR count). The van der Waals surface area contributed by atoms with Gasteiger partial charge in [0.05, 0.1) is 11.6 Å². The Balaban J connectivity index is 1.39. The lowest BCUT2D eigenvalue weighted by molar-refractivity contribution is -0.132. The van der Waals surface area contributed by atoms with Crippen LogP contribution in [0.15, 0.2) is 76.6 Å². The van der Waals surface area contributed by atoms with Crippen molar-refractivity contribution in [3.05, 3.63) is 105 Å². The first-order chi connectivity index (χ1) is 19.3. The lowest BCUT2D eigenvalue weighted by Gasteiger charge is -2.22. The van der Waals surface area contributed by atoms with Gasteiger partial charge in [0, 0.05) is 22.8 Å². The number of thioether (sulfide) groups is 1. The lowest BCUT2D eigenvalue weighted by Crippen LogP contribution is -2.29. The minimum atomic E-state index is -0.987. The molecule has 0 radical (unpaired) electrons. The van der Waals surface area contributed by atoms with E-state index in [1.807, 2.05) is 6.92 Å². The number of amides is 1. The number of fused-ring (bicyclic) bond motifs is 1. The van der Waals surface area contributed by atoms with Gasteiger partial charge in [0.15, 0.2) is 4.34 Å². The van der Waals surface area contributed by atoms with Crippen molar-refractivity contribution in [2.45, 2.75) is 35.6 Å². The van der Waals surface area contributed by atoms with Crippen LogP contribution in [-0.2, 0) is 21.8 Å². The van der Waals surface area contributed by atoms with Crippen molar-refractivity contribution < 1.29 is 23.8 Å². The van der Waals surface area contributed by atoms with E-state index in [0.717, 1.165) is 22.6 Å². The second kappa shape index (κ2) is 10.7. The number of Topliss-reactive ketones (excluding diaryl/α,β-unsaturated/α-hetero) is 1. The molecular formula is C29H21ClFN3O4S2. The van der Waals surface area contributed by atoms with Crippen LogP contribution in [-0.4, -0.2) is 33.1 Å². The van der Waals surface area contributed by atoms with E-state index in [1.165, 1.54) is 22.7 Å². The molecule has 1 fully saturated rings. The summed E-state index contributed by atoms with van der Waals surface area (Å²) in [4.78, 5) is 28.1. The summed E-state index contributed by atoms with van der Waals surface area (Å²) in [5.41, 5.74) is 2.28. The van der Waals surface area contributed by atoms with E-state index >= 15 is 0 Å². The molecule has 0 spiro atoms. The number of ether oxygens (including phenoxy) is 1. The third kappa shape index (κ3) is 4.87. The summed E-state index contributed by atoms with van der Waals surface area (Å²) < 4.78 is 20.3. The average Bonchev–Trinajstić information content (AvgIpc) is 3.63. The number of ketones is 1. The van der Waals surface area contributed by atoms with Crippen molar-refractivity contribution in [1.82, 2.24) is 10.2 Å². The Kier molecular flexibility index (Phi) is 7.07. The quantitative estimate of drug-likeness (QED) is 0.0888. The summed E-state index contributed by atoms with van der Waals surface area (Å²) in [5.74, 6) is -1.26. The van der Waals surface area contributed by atoms with Crippen molar-refractivity contribution in [3.63, 3.8) is 0 Å². The molecule has 2 aliphatic rings. The molecule has 0 saturated carbocycles. The number of hydrogen-bond donors (Lipinski definition) is 1. The van der Waals surface area contributed by atoms with Gasteiger partial charge in [-0.3, -0.25) is 14.5 Å². The number of nitrogens with zero attached hydrogens (tertiary/aromatic N) is 3. The Bertz CT molecular complexity index is 1690. The van der Waals surface area contributed by atoms with Crippen LogP contribution in [0.25, 0.3) is 5.76 Å². The zero-order valence-electron chi connectivity index (χ0n) is 21.0. The van der Waals surface area contributed by atoms with Crippen molar-refractivity contribution in [2.24, 2.45) is 0 Å². The summed E-state index contributed by atoms with van der Waals surface area (Å²) in [6.45, 7) is 1.95. The second-order valence-electron chi connectivity index (χ2n) is 9.41. The lowest BCUT2D eigenvalue weighted by atomic mass is 9.94. The predicted molar refractivity (Wildman–Crippen MR) is 152 cm³/mol. The zero-order chi connectivity index (χ0) is 28.0. The van der Waals surface area contributed by atoms with Crippen LogP contribution in [0.3, 0.4) is 0 Å². The third-order valence-corrected chi connectivity index (χ3v) is 9.03. The smallest absolute Gasteiger partial charge is 0.301 e. The number of aliphatic hydroxyl groups is 1. The SMILES string of the molecule is C[C@@H]1Cc2cc(/C(O)=C3\C(=O)C(=O)N(c4nnc(SCc5ccccc5F)s4)[C@@H]3c3cccc(Cl)c3)ccc2O1. The number of carbonyl (C=O) groups is 2. The fourth-order valence-corrected chi connectivity index (χ4v) is 6.91. The highest BCUT2D eigenvalue weighted by Gasteiger charge is 2.48. The zero-order valence-corrected chi connectivity index (χ0v) is 23.4. The van der Waals surface area contributed by atoms with E-state index in [2.05, 4.69) is 10.2 Å². The molecule has 0 unspecified atom stereocenters. The summed E-state index contributed by atoms with van der Waals surface area (Å²) in [7, 11) is 0. The number of aromatic nitrogens is 2. The molecule has 0 bridgehead atoms. The normalized spacial score (nSPS) is 19.6. The highest BCUT2D eigenvalue weighted by molar-refractivity contribution is 8.00. The van der Waals surface area contributed by atoms with E-state index in [-0.39, 0.29) is 28.4 Å². The van der Waals surface area contributed by atoms with Crippen LogP contribution in [0.1, 0.15) is 35.2 Å². The summed E-state index contributed by atoms with van der Waals surface area (Å²) in [6, 6.07) is 17.4. The second-order valence-corrected chi connectivity index (χ2v) is 12.0. The molecule has 1 saturated heterocycles. The molecule has 1 N–H and O–H groups in total. The standard InChI is InChI=1S/C29H21ClFN3O4S2/c1-15-11-19-12-17(9-10-22(19)38-15)25(35)23-24(16-6-4-7-20(30)13-16)34(27(37)26(23)36)28-32-33-29(40-28)39-14-18-5-2-3-8-21(18)31/h2-10,12-13,15,24,35H,11,14H2,1H3/b25-23+/t15-,24-/m1/s1. The molecule has 1 aromatic heterocycles. The Hall–Kier alpha value is -3.73. The summed E-state index contributed by atoms with van der Waals surface area (Å²) in [5, 5.41) is 20.4. The molecule has 40 heavy (non-hydrogen) atoms. The van der Waals surface area contributed by atoms with Crippen LogP contribution in [0, 0.1) is 5.82 Å². The van der Waals surface area contributed by atoms with E-state index < -0.39 is 17.7 Å². The minimum absolute atomic E-state index is 0.00675. The molecule has 3 aromatic carbocycles. The first-order valence-electron chi connectivity index (χ1n) is 12.4. The van der Waals surface area contributed by atoms with Crippen molar-refractivity contribution in [1.29, 1.82) is 0 Å². The molecule has 202 valence electrons. The molecule has 11 heteroatoms. The van der Waals surface area contributed by atoms with Crippen LogP contribution >= 0.6 is 34.7 Å². The van der Waals surface area contributed by atoms with E-state index in [9.17, 15) is 19.1 Å². The van der Waals surface area contributed by atoms with Gasteiger partial charge >= 0.3 is 5.91 Å². The monoisotopic (exact) mass is 593 g/mol. The maximum atomic E-state index is 14.1. The molecule has 7 nitrogen and oxygen atoms in total. The molecular weight excluding hydrogens is 573 g/mol. The van der Waals surface area contributed by atoms with Gasteiger partial charge in [0.25, 0.3) is 5.78 Å². The van der Waals surface area contributed by atoms with E-state index in [0.29, 0.717) is 38.2 Å². The first kappa shape index (κ1) is 26.5. The number of hydrogen-bond acceptors (Lipinski definition) is 8. The molecule has 1 amide bonds. The first-order valence-corrected chi connectivity index (χ1v) is 14.5. The van der Waals surface area contributed by atoms with Gasteiger partial charge in [0.2, 0.25) is 5.13 Å². The maximum Gasteiger partial charge on any atom is 0.301 e. The summed E-state index contributed by atoms with van der Waals surface area (Å²) >= 11 is 8.67. The van der Waals surface area contributed by atoms with E-state index in [4.69, 9.17) is 16.3 Å². The molecule has 4 aromatic rings. The van der Waals surface area contributed by atoms with Gasteiger partial charge in [0.1, 0.15) is 23.4 Å². The average molecular weight is 594 g/mol. The van der Waals surface area contributed by atoms with E-state index in [1.54, 1.807) is 60.7 Å².